The molecule has 0 bridgehead atoms. The summed E-state index contributed by atoms with van der Waals surface area (Å²) in [6, 6.07) is 3.45. The number of ether oxygens (including phenoxy) is 1. The van der Waals surface area contributed by atoms with Crippen molar-refractivity contribution in [3.05, 3.63) is 35.5 Å². The van der Waals surface area contributed by atoms with Gasteiger partial charge in [0.25, 0.3) is 0 Å². The standard InChI is InChI=1S/C15H20N2O2/c1-17-9-6-13(7-10-17)4-3-11-19-15-14(12-18)5-2-8-16-15/h2,5-6,8,12H,3-4,7,9-11H2,1H3. The first-order chi connectivity index (χ1) is 9.29. The van der Waals surface area contributed by atoms with Gasteiger partial charge in [-0.15, -0.1) is 0 Å². The van der Waals surface area contributed by atoms with E-state index in [4.69, 9.17) is 4.74 Å². The van der Waals surface area contributed by atoms with E-state index in [1.807, 2.05) is 0 Å². The van der Waals surface area contributed by atoms with Gasteiger partial charge in [-0.2, -0.15) is 0 Å². The van der Waals surface area contributed by atoms with E-state index in [2.05, 4.69) is 23.0 Å². The van der Waals surface area contributed by atoms with E-state index in [-0.39, 0.29) is 0 Å². The topological polar surface area (TPSA) is 42.4 Å². The zero-order valence-corrected chi connectivity index (χ0v) is 11.3. The van der Waals surface area contributed by atoms with E-state index >= 15 is 0 Å². The van der Waals surface area contributed by atoms with Crippen molar-refractivity contribution >= 4 is 6.29 Å². The van der Waals surface area contributed by atoms with Crippen LogP contribution in [0.15, 0.2) is 30.0 Å². The molecule has 4 heteroatoms. The molecule has 19 heavy (non-hydrogen) atoms. The summed E-state index contributed by atoms with van der Waals surface area (Å²) in [5.41, 5.74) is 2.03. The number of nitrogens with zero attached hydrogens (tertiary/aromatic N) is 2. The minimum Gasteiger partial charge on any atom is -0.477 e. The summed E-state index contributed by atoms with van der Waals surface area (Å²) >= 11 is 0. The van der Waals surface area contributed by atoms with Gasteiger partial charge in [-0.3, -0.25) is 4.79 Å². The number of rotatable bonds is 6. The summed E-state index contributed by atoms with van der Waals surface area (Å²) in [7, 11) is 2.14. The van der Waals surface area contributed by atoms with Crippen LogP contribution in [0.3, 0.4) is 0 Å². The number of hydrogen-bond donors (Lipinski definition) is 0. The number of likely N-dealkylation sites (N-methyl/N-ethyl adjacent to an activating group) is 1. The van der Waals surface area contributed by atoms with Crippen molar-refractivity contribution in [2.75, 3.05) is 26.7 Å². The van der Waals surface area contributed by atoms with Crippen molar-refractivity contribution in [2.24, 2.45) is 0 Å². The molecule has 1 aromatic heterocycles. The van der Waals surface area contributed by atoms with Gasteiger partial charge >= 0.3 is 0 Å². The molecular formula is C15H20N2O2. The first kappa shape index (κ1) is 13.7. The lowest BCUT2D eigenvalue weighted by Gasteiger charge is -2.21. The van der Waals surface area contributed by atoms with Gasteiger partial charge in [-0.25, -0.2) is 4.98 Å². The maximum atomic E-state index is 10.8. The van der Waals surface area contributed by atoms with Crippen molar-refractivity contribution in [3.8, 4) is 5.88 Å². The molecule has 1 aromatic rings. The first-order valence-electron chi connectivity index (χ1n) is 6.69. The van der Waals surface area contributed by atoms with Crippen LogP contribution >= 0.6 is 0 Å². The predicted molar refractivity (Wildman–Crippen MR) is 74.6 cm³/mol. The zero-order valence-electron chi connectivity index (χ0n) is 11.3. The molecule has 0 spiro atoms. The molecule has 0 saturated carbocycles. The monoisotopic (exact) mass is 260 g/mol. The molecule has 0 atom stereocenters. The average Bonchev–Trinajstić information content (AvgIpc) is 2.46. The Morgan fingerprint density at radius 1 is 1.53 bits per heavy atom. The van der Waals surface area contributed by atoms with Crippen molar-refractivity contribution in [1.82, 2.24) is 9.88 Å². The Morgan fingerprint density at radius 3 is 3.16 bits per heavy atom. The Balaban J connectivity index is 1.73. The van der Waals surface area contributed by atoms with E-state index in [0.717, 1.165) is 38.6 Å². The van der Waals surface area contributed by atoms with Gasteiger partial charge in [-0.05, 0) is 38.4 Å². The first-order valence-corrected chi connectivity index (χ1v) is 6.69. The molecule has 0 amide bonds. The highest BCUT2D eigenvalue weighted by atomic mass is 16.5. The molecule has 0 aromatic carbocycles. The van der Waals surface area contributed by atoms with Gasteiger partial charge in [0.2, 0.25) is 5.88 Å². The maximum Gasteiger partial charge on any atom is 0.224 e. The minimum atomic E-state index is 0.440. The van der Waals surface area contributed by atoms with Gasteiger partial charge in [0.1, 0.15) is 0 Å². The van der Waals surface area contributed by atoms with Gasteiger partial charge in [0, 0.05) is 19.3 Å². The van der Waals surface area contributed by atoms with Crippen LogP contribution in [0.25, 0.3) is 0 Å². The number of aldehydes is 1. The third-order valence-corrected chi connectivity index (χ3v) is 3.31. The third kappa shape index (κ3) is 4.17. The quantitative estimate of drug-likeness (QED) is 0.447. The SMILES string of the molecule is CN1CC=C(CCCOc2ncccc2C=O)CC1. The number of aromatic nitrogens is 1. The lowest BCUT2D eigenvalue weighted by Crippen LogP contribution is -2.24. The normalized spacial score (nSPS) is 15.9. The zero-order chi connectivity index (χ0) is 13.5. The second-order valence-electron chi connectivity index (χ2n) is 4.84. The lowest BCUT2D eigenvalue weighted by molar-refractivity contribution is 0.111. The maximum absolute atomic E-state index is 10.8. The summed E-state index contributed by atoms with van der Waals surface area (Å²) < 4.78 is 5.56. The summed E-state index contributed by atoms with van der Waals surface area (Å²) in [4.78, 5) is 17.2. The fourth-order valence-corrected chi connectivity index (χ4v) is 2.12. The van der Waals surface area contributed by atoms with Crippen molar-refractivity contribution in [3.63, 3.8) is 0 Å². The molecule has 0 N–H and O–H groups in total. The number of hydrogen-bond acceptors (Lipinski definition) is 4. The lowest BCUT2D eigenvalue weighted by atomic mass is 10.0. The summed E-state index contributed by atoms with van der Waals surface area (Å²) in [6.45, 7) is 2.79. The smallest absolute Gasteiger partial charge is 0.224 e. The van der Waals surface area contributed by atoms with Crippen LogP contribution in [0.5, 0.6) is 5.88 Å². The van der Waals surface area contributed by atoms with E-state index in [1.165, 1.54) is 5.57 Å². The number of pyridine rings is 1. The van der Waals surface area contributed by atoms with Crippen LogP contribution in [0.4, 0.5) is 0 Å². The molecule has 2 heterocycles. The molecule has 0 radical (unpaired) electrons. The molecule has 102 valence electrons. The van der Waals surface area contributed by atoms with Crippen molar-refractivity contribution < 1.29 is 9.53 Å². The summed E-state index contributed by atoms with van der Waals surface area (Å²) in [5, 5.41) is 0. The van der Waals surface area contributed by atoms with Crippen molar-refractivity contribution in [2.45, 2.75) is 19.3 Å². The third-order valence-electron chi connectivity index (χ3n) is 3.31. The van der Waals surface area contributed by atoms with Gasteiger partial charge in [0.05, 0.1) is 12.2 Å². The highest BCUT2D eigenvalue weighted by molar-refractivity contribution is 5.77. The van der Waals surface area contributed by atoms with E-state index in [1.54, 1.807) is 18.3 Å². The van der Waals surface area contributed by atoms with E-state index in [9.17, 15) is 4.79 Å². The van der Waals surface area contributed by atoms with Crippen LogP contribution in [0.1, 0.15) is 29.6 Å². The Bertz CT molecular complexity index is 457. The molecule has 1 aliphatic rings. The summed E-state index contributed by atoms with van der Waals surface area (Å²) in [6.07, 6.45) is 7.91. The number of carbonyl (C=O) groups is 1. The van der Waals surface area contributed by atoms with Crippen molar-refractivity contribution in [1.29, 1.82) is 0 Å². The average molecular weight is 260 g/mol. The van der Waals surface area contributed by atoms with Gasteiger partial charge in [0.15, 0.2) is 6.29 Å². The molecule has 0 unspecified atom stereocenters. The minimum absolute atomic E-state index is 0.440. The molecule has 0 fully saturated rings. The predicted octanol–water partition coefficient (Wildman–Crippen LogP) is 2.32. The Morgan fingerprint density at radius 2 is 2.42 bits per heavy atom. The van der Waals surface area contributed by atoms with E-state index < -0.39 is 0 Å². The fourth-order valence-electron chi connectivity index (χ4n) is 2.12. The Kier molecular flexibility index (Phi) is 5.10. The fraction of sp³-hybridized carbons (Fsp3) is 0.467. The second kappa shape index (κ2) is 7.04. The van der Waals surface area contributed by atoms with E-state index in [0.29, 0.717) is 18.1 Å². The summed E-state index contributed by atoms with van der Waals surface area (Å²) in [5.74, 6) is 0.440. The molecule has 0 aliphatic carbocycles. The molecular weight excluding hydrogens is 240 g/mol. The molecule has 0 saturated heterocycles. The molecule has 1 aliphatic heterocycles. The number of carbonyl (C=O) groups excluding carboxylic acids is 1. The van der Waals surface area contributed by atoms with Gasteiger partial charge in [-0.1, -0.05) is 11.6 Å². The second-order valence-corrected chi connectivity index (χ2v) is 4.84. The Hall–Kier alpha value is -1.68. The van der Waals surface area contributed by atoms with Crippen LogP contribution in [-0.2, 0) is 0 Å². The highest BCUT2D eigenvalue weighted by Gasteiger charge is 2.08. The molecule has 2 rings (SSSR count). The van der Waals surface area contributed by atoms with Crippen LogP contribution < -0.4 is 4.74 Å². The van der Waals surface area contributed by atoms with Gasteiger partial charge < -0.3 is 9.64 Å². The Labute approximate surface area is 114 Å². The molecule has 4 nitrogen and oxygen atoms in total. The largest absolute Gasteiger partial charge is 0.477 e. The van der Waals surface area contributed by atoms with Crippen LogP contribution in [0.2, 0.25) is 0 Å². The van der Waals surface area contributed by atoms with Crippen LogP contribution in [0, 0.1) is 0 Å². The van der Waals surface area contributed by atoms with Crippen LogP contribution in [-0.4, -0.2) is 42.9 Å². The highest BCUT2D eigenvalue weighted by Crippen LogP contribution is 2.16.